The second kappa shape index (κ2) is 10.4. The second-order valence-electron chi connectivity index (χ2n) is 7.37. The van der Waals surface area contributed by atoms with E-state index in [9.17, 15) is 13.2 Å². The summed E-state index contributed by atoms with van der Waals surface area (Å²) < 4.78 is 42.8. The van der Waals surface area contributed by atoms with Crippen LogP contribution in [0.3, 0.4) is 0 Å². The molecule has 3 aromatic rings. The third-order valence-corrected chi connectivity index (χ3v) is 7.96. The Morgan fingerprint density at radius 1 is 1.15 bits per heavy atom. The molecule has 33 heavy (non-hydrogen) atoms. The lowest BCUT2D eigenvalue weighted by atomic mass is 10.2. The molecular formula is C23H24N2O6S2. The minimum absolute atomic E-state index is 0.0131. The molecule has 0 atom stereocenters. The predicted octanol–water partition coefficient (Wildman–Crippen LogP) is 3.13. The smallest absolute Gasteiger partial charge is 0.312 e. The normalized spacial score (nSPS) is 14.7. The van der Waals surface area contributed by atoms with Crippen molar-refractivity contribution in [1.82, 2.24) is 9.29 Å². The zero-order chi connectivity index (χ0) is 23.3. The molecular weight excluding hydrogens is 464 g/mol. The fourth-order valence-corrected chi connectivity index (χ4v) is 5.65. The van der Waals surface area contributed by atoms with E-state index in [1.807, 2.05) is 29.6 Å². The lowest BCUT2D eigenvalue weighted by Gasteiger charge is -2.26. The minimum Gasteiger partial charge on any atom is -0.497 e. The second-order valence-corrected chi connectivity index (χ2v) is 10.2. The van der Waals surface area contributed by atoms with Crippen LogP contribution < -0.4 is 4.74 Å². The Balaban J connectivity index is 1.35. The Hall–Kier alpha value is -2.79. The van der Waals surface area contributed by atoms with Crippen LogP contribution in [-0.2, 0) is 37.3 Å². The van der Waals surface area contributed by atoms with Crippen LogP contribution in [0.25, 0.3) is 10.6 Å². The number of esters is 1. The van der Waals surface area contributed by atoms with Crippen molar-refractivity contribution in [1.29, 1.82) is 0 Å². The molecule has 8 nitrogen and oxygen atoms in total. The number of carbonyl (C=O) groups is 1. The molecule has 0 radical (unpaired) electrons. The number of thiazole rings is 1. The van der Waals surface area contributed by atoms with Crippen molar-refractivity contribution in [2.24, 2.45) is 0 Å². The molecule has 2 aromatic carbocycles. The first-order valence-electron chi connectivity index (χ1n) is 10.4. The summed E-state index contributed by atoms with van der Waals surface area (Å²) in [6.45, 7) is 1.41. The Kier molecular flexibility index (Phi) is 7.39. The number of hydrogen-bond acceptors (Lipinski definition) is 8. The number of nitrogens with zero attached hydrogens (tertiary/aromatic N) is 2. The molecule has 1 aliphatic heterocycles. The average molecular weight is 489 g/mol. The van der Waals surface area contributed by atoms with Crippen molar-refractivity contribution in [2.45, 2.75) is 17.9 Å². The monoisotopic (exact) mass is 488 g/mol. The first-order valence-corrected chi connectivity index (χ1v) is 12.7. The Morgan fingerprint density at radius 3 is 2.64 bits per heavy atom. The number of benzene rings is 2. The summed E-state index contributed by atoms with van der Waals surface area (Å²) in [5.41, 5.74) is 2.17. The van der Waals surface area contributed by atoms with E-state index in [0.717, 1.165) is 16.3 Å². The Bertz CT molecular complexity index is 1200. The van der Waals surface area contributed by atoms with Gasteiger partial charge in [0.1, 0.15) is 17.4 Å². The lowest BCUT2D eigenvalue weighted by Crippen LogP contribution is -2.40. The van der Waals surface area contributed by atoms with Gasteiger partial charge in [0.05, 0.1) is 37.3 Å². The maximum atomic E-state index is 12.8. The van der Waals surface area contributed by atoms with Gasteiger partial charge in [-0.15, -0.1) is 11.3 Å². The van der Waals surface area contributed by atoms with E-state index < -0.39 is 16.0 Å². The van der Waals surface area contributed by atoms with Crippen molar-refractivity contribution in [3.8, 4) is 16.3 Å². The van der Waals surface area contributed by atoms with E-state index in [-0.39, 0.29) is 17.9 Å². The van der Waals surface area contributed by atoms with Gasteiger partial charge in [-0.1, -0.05) is 12.1 Å². The molecule has 1 aliphatic rings. The van der Waals surface area contributed by atoms with Crippen LogP contribution in [-0.4, -0.2) is 57.1 Å². The van der Waals surface area contributed by atoms with Crippen molar-refractivity contribution in [2.75, 3.05) is 33.4 Å². The van der Waals surface area contributed by atoms with Crippen LogP contribution in [0, 0.1) is 0 Å². The average Bonchev–Trinajstić information content (AvgIpc) is 3.32. The molecule has 1 saturated heterocycles. The van der Waals surface area contributed by atoms with Gasteiger partial charge in [-0.3, -0.25) is 4.79 Å². The molecule has 0 amide bonds. The Labute approximate surface area is 196 Å². The van der Waals surface area contributed by atoms with Gasteiger partial charge >= 0.3 is 5.97 Å². The first kappa shape index (κ1) is 23.4. The van der Waals surface area contributed by atoms with Gasteiger partial charge in [-0.05, 0) is 42.0 Å². The van der Waals surface area contributed by atoms with E-state index in [2.05, 4.69) is 4.98 Å². The molecule has 10 heteroatoms. The molecule has 0 spiro atoms. The SMILES string of the molecule is COc1ccc(-c2nc(CC(=O)OCc3cccc(S(=O)(=O)N4CCOCC4)c3)cs2)cc1. The van der Waals surface area contributed by atoms with Crippen molar-refractivity contribution < 1.29 is 27.4 Å². The molecule has 174 valence electrons. The highest BCUT2D eigenvalue weighted by molar-refractivity contribution is 7.89. The highest BCUT2D eigenvalue weighted by Gasteiger charge is 2.26. The molecule has 4 rings (SSSR count). The van der Waals surface area contributed by atoms with Crippen LogP contribution in [0.15, 0.2) is 58.8 Å². The minimum atomic E-state index is -3.60. The number of hydrogen-bond donors (Lipinski definition) is 0. The van der Waals surface area contributed by atoms with Gasteiger partial charge in [0.15, 0.2) is 0 Å². The summed E-state index contributed by atoms with van der Waals surface area (Å²) in [7, 11) is -1.99. The summed E-state index contributed by atoms with van der Waals surface area (Å²) in [6.07, 6.45) is 0.0401. The number of sulfonamides is 1. The molecule has 0 N–H and O–H groups in total. The summed E-state index contributed by atoms with van der Waals surface area (Å²) in [5, 5.41) is 2.64. The third kappa shape index (κ3) is 5.77. The molecule has 0 aliphatic carbocycles. The number of ether oxygens (including phenoxy) is 3. The summed E-state index contributed by atoms with van der Waals surface area (Å²) in [6, 6.07) is 14.0. The predicted molar refractivity (Wildman–Crippen MR) is 124 cm³/mol. The number of morpholine rings is 1. The van der Waals surface area contributed by atoms with Gasteiger partial charge in [0.2, 0.25) is 10.0 Å². The van der Waals surface area contributed by atoms with Crippen LogP contribution in [0.1, 0.15) is 11.3 Å². The highest BCUT2D eigenvalue weighted by atomic mass is 32.2. The van der Waals surface area contributed by atoms with Gasteiger partial charge < -0.3 is 14.2 Å². The lowest BCUT2D eigenvalue weighted by molar-refractivity contribution is -0.144. The number of rotatable bonds is 8. The standard InChI is InChI=1S/C23H24N2O6S2/c1-29-20-7-5-18(6-8-20)23-24-19(16-32-23)14-22(26)31-15-17-3-2-4-21(13-17)33(27,28)25-9-11-30-12-10-25/h2-8,13,16H,9-12,14-15H2,1H3. The molecule has 2 heterocycles. The largest absolute Gasteiger partial charge is 0.497 e. The van der Waals surface area contributed by atoms with Gasteiger partial charge in [0, 0.05) is 24.0 Å². The van der Waals surface area contributed by atoms with Crippen molar-refractivity contribution >= 4 is 27.3 Å². The summed E-state index contributed by atoms with van der Waals surface area (Å²) in [4.78, 5) is 17.0. The maximum absolute atomic E-state index is 12.8. The van der Waals surface area contributed by atoms with Crippen molar-refractivity contribution in [3.05, 3.63) is 65.2 Å². The van der Waals surface area contributed by atoms with E-state index in [0.29, 0.717) is 37.6 Å². The highest BCUT2D eigenvalue weighted by Crippen LogP contribution is 2.26. The van der Waals surface area contributed by atoms with E-state index >= 15 is 0 Å². The topological polar surface area (TPSA) is 95.0 Å². The quantitative estimate of drug-likeness (QED) is 0.450. The van der Waals surface area contributed by atoms with E-state index in [1.54, 1.807) is 31.4 Å². The first-order chi connectivity index (χ1) is 16.0. The number of methoxy groups -OCH3 is 1. The fourth-order valence-electron chi connectivity index (χ4n) is 3.35. The molecule has 1 fully saturated rings. The number of aromatic nitrogens is 1. The molecule has 0 bridgehead atoms. The zero-order valence-corrected chi connectivity index (χ0v) is 19.7. The van der Waals surface area contributed by atoms with Crippen molar-refractivity contribution in [3.63, 3.8) is 0 Å². The summed E-state index contributed by atoms with van der Waals surface area (Å²) in [5.74, 6) is 0.337. The van der Waals surface area contributed by atoms with E-state index in [1.165, 1.54) is 15.6 Å². The Morgan fingerprint density at radius 2 is 1.91 bits per heavy atom. The van der Waals surface area contributed by atoms with Crippen LogP contribution in [0.4, 0.5) is 0 Å². The van der Waals surface area contributed by atoms with Crippen LogP contribution in [0.5, 0.6) is 5.75 Å². The summed E-state index contributed by atoms with van der Waals surface area (Å²) >= 11 is 1.45. The van der Waals surface area contributed by atoms with Gasteiger partial charge in [0.25, 0.3) is 0 Å². The third-order valence-electron chi connectivity index (χ3n) is 5.12. The zero-order valence-electron chi connectivity index (χ0n) is 18.1. The fraction of sp³-hybridized carbons (Fsp3) is 0.304. The van der Waals surface area contributed by atoms with Crippen LogP contribution in [0.2, 0.25) is 0 Å². The van der Waals surface area contributed by atoms with Crippen LogP contribution >= 0.6 is 11.3 Å². The van der Waals surface area contributed by atoms with Gasteiger partial charge in [-0.25, -0.2) is 13.4 Å². The molecule has 1 aromatic heterocycles. The van der Waals surface area contributed by atoms with E-state index in [4.69, 9.17) is 14.2 Å². The number of carbonyl (C=O) groups excluding carboxylic acids is 1. The molecule has 0 unspecified atom stereocenters. The van der Waals surface area contributed by atoms with Gasteiger partial charge in [-0.2, -0.15) is 4.31 Å². The maximum Gasteiger partial charge on any atom is 0.312 e. The molecule has 0 saturated carbocycles.